The van der Waals surface area contributed by atoms with Crippen molar-refractivity contribution in [3.8, 4) is 0 Å². The number of thiophene rings is 1. The third-order valence-electron chi connectivity index (χ3n) is 5.98. The molecule has 3 aliphatic carbocycles. The van der Waals surface area contributed by atoms with Crippen molar-refractivity contribution in [1.29, 1.82) is 0 Å². The average Bonchev–Trinajstić information content (AvgIpc) is 3.21. The lowest BCUT2D eigenvalue weighted by atomic mass is 9.79. The molecule has 0 spiro atoms. The van der Waals surface area contributed by atoms with E-state index < -0.39 is 0 Å². The average molecular weight is 304 g/mol. The number of carbonyl (C=O) groups is 1. The number of amides is 2. The van der Waals surface area contributed by atoms with E-state index in [1.54, 1.807) is 11.3 Å². The summed E-state index contributed by atoms with van der Waals surface area (Å²) < 4.78 is 0. The molecule has 3 fully saturated rings. The molecule has 1 aromatic rings. The van der Waals surface area contributed by atoms with E-state index >= 15 is 0 Å². The zero-order chi connectivity index (χ0) is 14.2. The Balaban J connectivity index is 1.24. The summed E-state index contributed by atoms with van der Waals surface area (Å²) >= 11 is 1.76. The number of hydrogen-bond acceptors (Lipinski definition) is 2. The molecule has 114 valence electrons. The van der Waals surface area contributed by atoms with Gasteiger partial charge in [0.15, 0.2) is 0 Å². The first-order valence-corrected chi connectivity index (χ1v) is 9.26. The van der Waals surface area contributed by atoms with Gasteiger partial charge in [0.2, 0.25) is 0 Å². The number of nitrogens with one attached hydrogen (secondary N) is 2. The summed E-state index contributed by atoms with van der Waals surface area (Å²) in [5, 5.41) is 8.37. The third-order valence-corrected chi connectivity index (χ3v) is 6.92. The van der Waals surface area contributed by atoms with Crippen LogP contribution in [0.25, 0.3) is 0 Å². The molecule has 0 radical (unpaired) electrons. The molecule has 4 heteroatoms. The van der Waals surface area contributed by atoms with Crippen LogP contribution >= 0.6 is 11.3 Å². The Bertz CT molecular complexity index is 501. The Hall–Kier alpha value is -1.03. The number of urea groups is 1. The Morgan fingerprint density at radius 2 is 2.14 bits per heavy atom. The van der Waals surface area contributed by atoms with Crippen LogP contribution in [0.1, 0.15) is 37.0 Å². The molecule has 0 aliphatic heterocycles. The highest BCUT2D eigenvalue weighted by atomic mass is 32.1. The Kier molecular flexibility index (Phi) is 3.66. The Morgan fingerprint density at radius 3 is 3.00 bits per heavy atom. The molecule has 0 saturated heterocycles. The minimum Gasteiger partial charge on any atom is -0.338 e. The number of carbonyl (C=O) groups excluding carboxylic acids is 1. The highest BCUT2D eigenvalue weighted by Crippen LogP contribution is 2.58. The van der Waals surface area contributed by atoms with E-state index in [4.69, 9.17) is 0 Å². The lowest BCUT2D eigenvalue weighted by Crippen LogP contribution is -2.47. The second kappa shape index (κ2) is 5.64. The van der Waals surface area contributed by atoms with Crippen molar-refractivity contribution in [2.24, 2.45) is 23.7 Å². The molecule has 4 rings (SSSR count). The molecule has 5 atom stereocenters. The Morgan fingerprint density at radius 1 is 1.24 bits per heavy atom. The van der Waals surface area contributed by atoms with Gasteiger partial charge in [-0.3, -0.25) is 0 Å². The van der Waals surface area contributed by atoms with Crippen LogP contribution < -0.4 is 10.6 Å². The normalized spacial score (nSPS) is 36.7. The molecule has 2 amide bonds. The SMILES string of the molecule is O=C(NCCc1cccs1)N[C@@H]1C[C@H]2C[C@H]1[C@@H]1CCC[C@@H]21. The highest BCUT2D eigenvalue weighted by Gasteiger charge is 2.53. The fourth-order valence-corrected chi connectivity index (χ4v) is 5.92. The van der Waals surface area contributed by atoms with Crippen LogP contribution in [0.3, 0.4) is 0 Å². The molecule has 3 nitrogen and oxygen atoms in total. The van der Waals surface area contributed by atoms with Crippen LogP contribution in [0.4, 0.5) is 4.79 Å². The van der Waals surface area contributed by atoms with Crippen LogP contribution in [0.5, 0.6) is 0 Å². The summed E-state index contributed by atoms with van der Waals surface area (Å²) in [7, 11) is 0. The fourth-order valence-electron chi connectivity index (χ4n) is 5.21. The summed E-state index contributed by atoms with van der Waals surface area (Å²) in [4.78, 5) is 13.4. The van der Waals surface area contributed by atoms with Crippen LogP contribution in [0.2, 0.25) is 0 Å². The van der Waals surface area contributed by atoms with E-state index in [1.165, 1.54) is 37.0 Å². The standard InChI is InChI=1S/C17H24N2OS/c20-17(18-7-6-12-3-2-8-21-12)19-16-10-11-9-15(16)14-5-1-4-13(11)14/h2-3,8,11,13-16H,1,4-7,9-10H2,(H2,18,19,20)/t11-,13+,14-,15+,16-/m1/s1. The van der Waals surface area contributed by atoms with Gasteiger partial charge in [-0.1, -0.05) is 12.5 Å². The van der Waals surface area contributed by atoms with E-state index in [-0.39, 0.29) is 6.03 Å². The van der Waals surface area contributed by atoms with Gasteiger partial charge in [-0.15, -0.1) is 11.3 Å². The molecule has 21 heavy (non-hydrogen) atoms. The number of fused-ring (bicyclic) bond motifs is 5. The molecule has 1 heterocycles. The maximum absolute atomic E-state index is 12.1. The minimum absolute atomic E-state index is 0.0404. The number of hydrogen-bond donors (Lipinski definition) is 2. The molecule has 0 aromatic carbocycles. The summed E-state index contributed by atoms with van der Waals surface area (Å²) in [5.74, 6) is 3.58. The summed E-state index contributed by atoms with van der Waals surface area (Å²) in [6.07, 6.45) is 7.81. The molecule has 3 saturated carbocycles. The van der Waals surface area contributed by atoms with Crippen molar-refractivity contribution >= 4 is 17.4 Å². The predicted octanol–water partition coefficient (Wildman–Crippen LogP) is 3.41. The smallest absolute Gasteiger partial charge is 0.315 e. The topological polar surface area (TPSA) is 41.1 Å². The first-order valence-electron chi connectivity index (χ1n) is 8.38. The van der Waals surface area contributed by atoms with E-state index in [9.17, 15) is 4.79 Å². The van der Waals surface area contributed by atoms with Gasteiger partial charge in [-0.05, 0) is 67.2 Å². The van der Waals surface area contributed by atoms with Crippen molar-refractivity contribution in [1.82, 2.24) is 10.6 Å². The summed E-state index contributed by atoms with van der Waals surface area (Å²) in [5.41, 5.74) is 0. The van der Waals surface area contributed by atoms with Gasteiger partial charge in [0.1, 0.15) is 0 Å². The highest BCUT2D eigenvalue weighted by molar-refractivity contribution is 7.09. The lowest BCUT2D eigenvalue weighted by Gasteiger charge is -2.32. The molecule has 2 bridgehead atoms. The van der Waals surface area contributed by atoms with Gasteiger partial charge < -0.3 is 10.6 Å². The summed E-state index contributed by atoms with van der Waals surface area (Å²) in [6.45, 7) is 0.735. The first kappa shape index (κ1) is 13.6. The van der Waals surface area contributed by atoms with Gasteiger partial charge in [0.05, 0.1) is 0 Å². The first-order chi connectivity index (χ1) is 10.3. The summed E-state index contributed by atoms with van der Waals surface area (Å²) in [6, 6.07) is 4.67. The maximum Gasteiger partial charge on any atom is 0.315 e. The lowest BCUT2D eigenvalue weighted by molar-refractivity contribution is 0.198. The van der Waals surface area contributed by atoms with Gasteiger partial charge in [0.25, 0.3) is 0 Å². The van der Waals surface area contributed by atoms with Gasteiger partial charge in [-0.2, -0.15) is 0 Å². The second-order valence-electron chi connectivity index (χ2n) is 6.99. The van der Waals surface area contributed by atoms with Crippen LogP contribution in [-0.4, -0.2) is 18.6 Å². The van der Waals surface area contributed by atoms with Crippen molar-refractivity contribution in [3.05, 3.63) is 22.4 Å². The van der Waals surface area contributed by atoms with Crippen molar-refractivity contribution in [3.63, 3.8) is 0 Å². The Labute approximate surface area is 130 Å². The van der Waals surface area contributed by atoms with Gasteiger partial charge in [-0.25, -0.2) is 4.79 Å². The predicted molar refractivity (Wildman–Crippen MR) is 85.4 cm³/mol. The molecule has 3 aliphatic rings. The van der Waals surface area contributed by atoms with Gasteiger partial charge in [0, 0.05) is 17.5 Å². The van der Waals surface area contributed by atoms with Crippen molar-refractivity contribution < 1.29 is 4.79 Å². The monoisotopic (exact) mass is 304 g/mol. The molecule has 1 aromatic heterocycles. The molecule has 2 N–H and O–H groups in total. The number of rotatable bonds is 4. The van der Waals surface area contributed by atoms with Crippen LogP contribution in [0, 0.1) is 23.7 Å². The fraction of sp³-hybridized carbons (Fsp3) is 0.706. The quantitative estimate of drug-likeness (QED) is 0.879. The van der Waals surface area contributed by atoms with E-state index in [2.05, 4.69) is 28.1 Å². The van der Waals surface area contributed by atoms with Crippen molar-refractivity contribution in [2.75, 3.05) is 6.54 Å². The van der Waals surface area contributed by atoms with E-state index in [0.29, 0.717) is 6.04 Å². The van der Waals surface area contributed by atoms with Crippen LogP contribution in [-0.2, 0) is 6.42 Å². The molecular formula is C17H24N2OS. The van der Waals surface area contributed by atoms with Crippen molar-refractivity contribution in [2.45, 2.75) is 44.6 Å². The maximum atomic E-state index is 12.1. The molecular weight excluding hydrogens is 280 g/mol. The third kappa shape index (κ3) is 2.59. The largest absolute Gasteiger partial charge is 0.338 e. The van der Waals surface area contributed by atoms with Gasteiger partial charge >= 0.3 is 6.03 Å². The van der Waals surface area contributed by atoms with Crippen LogP contribution in [0.15, 0.2) is 17.5 Å². The van der Waals surface area contributed by atoms with E-state index in [1.807, 2.05) is 0 Å². The molecule has 0 unspecified atom stereocenters. The minimum atomic E-state index is 0.0404. The zero-order valence-electron chi connectivity index (χ0n) is 12.4. The second-order valence-corrected chi connectivity index (χ2v) is 8.02. The van der Waals surface area contributed by atoms with E-state index in [0.717, 1.165) is 36.6 Å². The zero-order valence-corrected chi connectivity index (χ0v) is 13.2.